The Labute approximate surface area is 119 Å². The number of aliphatic hydroxyl groups is 1. The summed E-state index contributed by atoms with van der Waals surface area (Å²) in [7, 11) is 1.64. The van der Waals surface area contributed by atoms with Crippen molar-refractivity contribution in [1.82, 2.24) is 0 Å². The second-order valence-electron chi connectivity index (χ2n) is 4.93. The van der Waals surface area contributed by atoms with Gasteiger partial charge in [0.25, 0.3) is 0 Å². The van der Waals surface area contributed by atoms with Crippen molar-refractivity contribution in [3.05, 3.63) is 23.8 Å². The number of benzene rings is 1. The van der Waals surface area contributed by atoms with Gasteiger partial charge in [0, 0.05) is 23.4 Å². The van der Waals surface area contributed by atoms with E-state index in [2.05, 4.69) is 5.32 Å². The van der Waals surface area contributed by atoms with Gasteiger partial charge in [0.1, 0.15) is 10.7 Å². The minimum absolute atomic E-state index is 0.154. The number of ether oxygens (including phenoxy) is 1. The maximum atomic E-state index is 9.53. The van der Waals surface area contributed by atoms with Crippen molar-refractivity contribution in [1.29, 1.82) is 0 Å². The van der Waals surface area contributed by atoms with Gasteiger partial charge in [0.05, 0.1) is 13.2 Å². The van der Waals surface area contributed by atoms with E-state index < -0.39 is 0 Å². The monoisotopic (exact) mass is 280 g/mol. The number of nitrogens with one attached hydrogen (secondary N) is 1. The molecular weight excluding hydrogens is 260 g/mol. The molecule has 104 valence electrons. The predicted octanol–water partition coefficient (Wildman–Crippen LogP) is 2.04. The molecule has 0 aliphatic heterocycles. The zero-order valence-corrected chi connectivity index (χ0v) is 11.9. The lowest BCUT2D eigenvalue weighted by atomic mass is 9.93. The van der Waals surface area contributed by atoms with Crippen LogP contribution in [0.3, 0.4) is 0 Å². The van der Waals surface area contributed by atoms with Crippen molar-refractivity contribution >= 4 is 22.9 Å². The van der Waals surface area contributed by atoms with Crippen LogP contribution in [0.4, 0.5) is 5.69 Å². The van der Waals surface area contributed by atoms with E-state index >= 15 is 0 Å². The molecule has 4 nitrogen and oxygen atoms in total. The molecule has 0 saturated heterocycles. The number of hydrogen-bond acceptors (Lipinski definition) is 4. The molecule has 1 saturated carbocycles. The molecule has 2 rings (SSSR count). The molecule has 19 heavy (non-hydrogen) atoms. The number of anilines is 1. The number of aliphatic hydroxyl groups excluding tert-OH is 1. The molecule has 0 heterocycles. The smallest absolute Gasteiger partial charge is 0.120 e. The van der Waals surface area contributed by atoms with Gasteiger partial charge in [-0.3, -0.25) is 0 Å². The van der Waals surface area contributed by atoms with Gasteiger partial charge in [-0.25, -0.2) is 0 Å². The van der Waals surface area contributed by atoms with Crippen molar-refractivity contribution in [2.24, 2.45) is 5.73 Å². The van der Waals surface area contributed by atoms with Crippen LogP contribution in [0.1, 0.15) is 31.2 Å². The maximum Gasteiger partial charge on any atom is 0.120 e. The summed E-state index contributed by atoms with van der Waals surface area (Å²) in [4.78, 5) is 0.376. The molecule has 1 aliphatic carbocycles. The van der Waals surface area contributed by atoms with Crippen molar-refractivity contribution in [2.45, 2.75) is 37.8 Å². The summed E-state index contributed by atoms with van der Waals surface area (Å²) < 4.78 is 5.23. The SMILES string of the molecule is COc1ccc(C(N)=S)c(NC2CCC(O)CC2)c1. The predicted molar refractivity (Wildman–Crippen MR) is 80.8 cm³/mol. The summed E-state index contributed by atoms with van der Waals surface area (Å²) in [6.45, 7) is 0. The van der Waals surface area contributed by atoms with E-state index in [1.807, 2.05) is 18.2 Å². The standard InChI is InChI=1S/C14H20N2O2S/c1-18-11-6-7-12(14(15)19)13(8-11)16-9-2-4-10(17)5-3-9/h6-10,16-17H,2-5H2,1H3,(H2,15,19). The van der Waals surface area contributed by atoms with E-state index in [4.69, 9.17) is 22.7 Å². The Morgan fingerprint density at radius 1 is 1.37 bits per heavy atom. The summed E-state index contributed by atoms with van der Waals surface area (Å²) in [5.41, 5.74) is 7.49. The number of hydrogen-bond donors (Lipinski definition) is 3. The lowest BCUT2D eigenvalue weighted by molar-refractivity contribution is 0.126. The first-order valence-corrected chi connectivity index (χ1v) is 6.93. The van der Waals surface area contributed by atoms with E-state index in [0.717, 1.165) is 42.7 Å². The average Bonchev–Trinajstić information content (AvgIpc) is 2.41. The largest absolute Gasteiger partial charge is 0.497 e. The lowest BCUT2D eigenvalue weighted by Gasteiger charge is -2.28. The van der Waals surface area contributed by atoms with E-state index in [1.54, 1.807) is 7.11 Å². The third-order valence-corrected chi connectivity index (χ3v) is 3.77. The third kappa shape index (κ3) is 3.58. The van der Waals surface area contributed by atoms with Gasteiger partial charge in [0.2, 0.25) is 0 Å². The summed E-state index contributed by atoms with van der Waals surface area (Å²) in [5.74, 6) is 0.776. The van der Waals surface area contributed by atoms with Crippen LogP contribution in [0.2, 0.25) is 0 Å². The van der Waals surface area contributed by atoms with Crippen molar-refractivity contribution in [2.75, 3.05) is 12.4 Å². The van der Waals surface area contributed by atoms with E-state index in [9.17, 15) is 5.11 Å². The summed E-state index contributed by atoms with van der Waals surface area (Å²) in [6, 6.07) is 5.99. The quantitative estimate of drug-likeness (QED) is 0.737. The average molecular weight is 280 g/mol. The van der Waals surface area contributed by atoms with Crippen LogP contribution < -0.4 is 15.8 Å². The third-order valence-electron chi connectivity index (χ3n) is 3.55. The molecule has 0 bridgehead atoms. The Hall–Kier alpha value is -1.33. The number of rotatable bonds is 4. The molecule has 0 spiro atoms. The topological polar surface area (TPSA) is 67.5 Å². The lowest BCUT2D eigenvalue weighted by Crippen LogP contribution is -2.29. The zero-order chi connectivity index (χ0) is 13.8. The highest BCUT2D eigenvalue weighted by atomic mass is 32.1. The van der Waals surface area contributed by atoms with E-state index in [1.165, 1.54) is 0 Å². The Kier molecular flexibility index (Phi) is 4.61. The highest BCUT2D eigenvalue weighted by molar-refractivity contribution is 7.80. The minimum Gasteiger partial charge on any atom is -0.497 e. The van der Waals surface area contributed by atoms with Gasteiger partial charge >= 0.3 is 0 Å². The maximum absolute atomic E-state index is 9.53. The van der Waals surface area contributed by atoms with Gasteiger partial charge in [-0.2, -0.15) is 0 Å². The molecule has 1 aliphatic rings. The highest BCUT2D eigenvalue weighted by Crippen LogP contribution is 2.27. The highest BCUT2D eigenvalue weighted by Gasteiger charge is 2.20. The van der Waals surface area contributed by atoms with Gasteiger partial charge in [-0.05, 0) is 37.8 Å². The normalized spacial score (nSPS) is 22.8. The molecule has 0 radical (unpaired) electrons. The van der Waals surface area contributed by atoms with E-state index in [0.29, 0.717) is 11.0 Å². The number of thiocarbonyl (C=S) groups is 1. The zero-order valence-electron chi connectivity index (χ0n) is 11.1. The second kappa shape index (κ2) is 6.21. The van der Waals surface area contributed by atoms with Crippen LogP contribution in [-0.4, -0.2) is 29.4 Å². The fourth-order valence-corrected chi connectivity index (χ4v) is 2.60. The molecule has 0 amide bonds. The summed E-state index contributed by atoms with van der Waals surface area (Å²) >= 11 is 5.07. The first kappa shape index (κ1) is 14.1. The molecule has 0 atom stereocenters. The first-order valence-electron chi connectivity index (χ1n) is 6.52. The molecule has 1 fully saturated rings. The van der Waals surface area contributed by atoms with Crippen LogP contribution >= 0.6 is 12.2 Å². The summed E-state index contributed by atoms with van der Waals surface area (Å²) in [5, 5.41) is 13.0. The molecule has 0 aromatic heterocycles. The van der Waals surface area contributed by atoms with Crippen molar-refractivity contribution in [3.63, 3.8) is 0 Å². The molecular formula is C14H20N2O2S. The van der Waals surface area contributed by atoms with Crippen LogP contribution in [0, 0.1) is 0 Å². The van der Waals surface area contributed by atoms with Crippen LogP contribution in [0.5, 0.6) is 5.75 Å². The molecule has 4 N–H and O–H groups in total. The van der Waals surface area contributed by atoms with Crippen molar-refractivity contribution < 1.29 is 9.84 Å². The first-order chi connectivity index (χ1) is 9.10. The Balaban J connectivity index is 2.15. The molecule has 0 unspecified atom stereocenters. The number of nitrogens with two attached hydrogens (primary N) is 1. The van der Waals surface area contributed by atoms with Gasteiger partial charge in [-0.15, -0.1) is 0 Å². The van der Waals surface area contributed by atoms with Gasteiger partial charge < -0.3 is 20.9 Å². The molecule has 5 heteroatoms. The Bertz CT molecular complexity index is 457. The van der Waals surface area contributed by atoms with Crippen molar-refractivity contribution in [3.8, 4) is 5.75 Å². The number of methoxy groups -OCH3 is 1. The fraction of sp³-hybridized carbons (Fsp3) is 0.500. The Morgan fingerprint density at radius 2 is 2.05 bits per heavy atom. The van der Waals surface area contributed by atoms with Crippen LogP contribution in [0.15, 0.2) is 18.2 Å². The van der Waals surface area contributed by atoms with Gasteiger partial charge in [-0.1, -0.05) is 12.2 Å². The van der Waals surface area contributed by atoms with Crippen LogP contribution in [-0.2, 0) is 0 Å². The van der Waals surface area contributed by atoms with Crippen LogP contribution in [0.25, 0.3) is 0 Å². The molecule has 1 aromatic rings. The van der Waals surface area contributed by atoms with Gasteiger partial charge in [0.15, 0.2) is 0 Å². The van der Waals surface area contributed by atoms with E-state index in [-0.39, 0.29) is 6.10 Å². The minimum atomic E-state index is -0.154. The molecule has 1 aromatic carbocycles. The fourth-order valence-electron chi connectivity index (χ4n) is 2.42. The summed E-state index contributed by atoms with van der Waals surface area (Å²) in [6.07, 6.45) is 3.43. The Morgan fingerprint density at radius 3 is 2.63 bits per heavy atom. The second-order valence-corrected chi connectivity index (χ2v) is 5.37.